The molecule has 0 radical (unpaired) electrons. The van der Waals surface area contributed by atoms with Crippen molar-refractivity contribution >= 4 is 5.69 Å². The van der Waals surface area contributed by atoms with E-state index in [1.807, 2.05) is 37.3 Å². The van der Waals surface area contributed by atoms with Crippen LogP contribution in [0.2, 0.25) is 0 Å². The van der Waals surface area contributed by atoms with Gasteiger partial charge in [-0.1, -0.05) is 49.4 Å². The summed E-state index contributed by atoms with van der Waals surface area (Å²) in [6, 6.07) is 20.5. The van der Waals surface area contributed by atoms with Crippen LogP contribution in [0, 0.1) is 11.3 Å². The van der Waals surface area contributed by atoms with Gasteiger partial charge in [0, 0.05) is 5.69 Å². The first-order chi connectivity index (χ1) is 8.83. The summed E-state index contributed by atoms with van der Waals surface area (Å²) in [7, 11) is 0. The first kappa shape index (κ1) is 12.2. The van der Waals surface area contributed by atoms with Crippen LogP contribution in [0.5, 0.6) is 0 Å². The standard InChI is InChI=1S/C16H16N2/c1-2-15(12-17)18-16-10-8-14(9-11-16)13-6-4-3-5-7-13/h3-11,15,18H,2H2,1H3. The molecular weight excluding hydrogens is 220 g/mol. The molecule has 2 aromatic carbocycles. The molecule has 0 amide bonds. The van der Waals surface area contributed by atoms with Crippen molar-refractivity contribution in [3.05, 3.63) is 54.6 Å². The van der Waals surface area contributed by atoms with Crippen LogP contribution >= 0.6 is 0 Å². The fourth-order valence-electron chi connectivity index (χ4n) is 1.82. The fraction of sp³-hybridized carbons (Fsp3) is 0.188. The third-order valence-corrected chi connectivity index (χ3v) is 2.90. The molecular formula is C16H16N2. The first-order valence-electron chi connectivity index (χ1n) is 6.15. The Morgan fingerprint density at radius 1 is 1.00 bits per heavy atom. The Labute approximate surface area is 108 Å². The van der Waals surface area contributed by atoms with Crippen LogP contribution in [0.3, 0.4) is 0 Å². The van der Waals surface area contributed by atoms with Gasteiger partial charge in [0.2, 0.25) is 0 Å². The molecule has 0 aliphatic carbocycles. The van der Waals surface area contributed by atoms with Crippen molar-refractivity contribution in [2.24, 2.45) is 0 Å². The average Bonchev–Trinajstić information content (AvgIpc) is 2.46. The summed E-state index contributed by atoms with van der Waals surface area (Å²) in [4.78, 5) is 0. The van der Waals surface area contributed by atoms with Gasteiger partial charge in [0.1, 0.15) is 6.04 Å². The van der Waals surface area contributed by atoms with Gasteiger partial charge in [-0.3, -0.25) is 0 Å². The zero-order valence-electron chi connectivity index (χ0n) is 10.4. The number of hydrogen-bond acceptors (Lipinski definition) is 2. The largest absolute Gasteiger partial charge is 0.370 e. The number of nitrogens with one attached hydrogen (secondary N) is 1. The summed E-state index contributed by atoms with van der Waals surface area (Å²) < 4.78 is 0. The zero-order valence-corrected chi connectivity index (χ0v) is 10.4. The lowest BCUT2D eigenvalue weighted by atomic mass is 10.1. The van der Waals surface area contributed by atoms with E-state index in [4.69, 9.17) is 5.26 Å². The molecule has 0 aliphatic rings. The Hall–Kier alpha value is -2.27. The topological polar surface area (TPSA) is 35.8 Å². The van der Waals surface area contributed by atoms with E-state index in [0.29, 0.717) is 0 Å². The average molecular weight is 236 g/mol. The zero-order chi connectivity index (χ0) is 12.8. The predicted octanol–water partition coefficient (Wildman–Crippen LogP) is 4.07. The van der Waals surface area contributed by atoms with E-state index in [-0.39, 0.29) is 6.04 Å². The second-order valence-electron chi connectivity index (χ2n) is 4.18. The highest BCUT2D eigenvalue weighted by atomic mass is 14.9. The van der Waals surface area contributed by atoms with Gasteiger partial charge >= 0.3 is 0 Å². The SMILES string of the molecule is CCC(C#N)Nc1ccc(-c2ccccc2)cc1. The molecule has 1 unspecified atom stereocenters. The highest BCUT2D eigenvalue weighted by molar-refractivity contribution is 5.66. The Balaban J connectivity index is 2.14. The molecule has 1 atom stereocenters. The van der Waals surface area contributed by atoms with E-state index in [0.717, 1.165) is 12.1 Å². The van der Waals surface area contributed by atoms with Gasteiger partial charge in [-0.05, 0) is 29.7 Å². The van der Waals surface area contributed by atoms with E-state index in [1.54, 1.807) is 0 Å². The van der Waals surface area contributed by atoms with Crippen LogP contribution in [0.15, 0.2) is 54.6 Å². The maximum atomic E-state index is 8.91. The number of nitrogens with zero attached hydrogens (tertiary/aromatic N) is 1. The summed E-state index contributed by atoms with van der Waals surface area (Å²) in [6.07, 6.45) is 0.803. The minimum Gasteiger partial charge on any atom is -0.370 e. The minimum absolute atomic E-state index is 0.118. The van der Waals surface area contributed by atoms with Crippen molar-refractivity contribution in [2.75, 3.05) is 5.32 Å². The Bertz CT molecular complexity index is 523. The van der Waals surface area contributed by atoms with Crippen LogP contribution in [0.4, 0.5) is 5.69 Å². The molecule has 0 aromatic heterocycles. The molecule has 1 N–H and O–H groups in total. The second-order valence-corrected chi connectivity index (χ2v) is 4.18. The lowest BCUT2D eigenvalue weighted by Gasteiger charge is -2.11. The molecule has 0 saturated heterocycles. The summed E-state index contributed by atoms with van der Waals surface area (Å²) in [5.74, 6) is 0. The monoisotopic (exact) mass is 236 g/mol. The van der Waals surface area contributed by atoms with Gasteiger partial charge in [-0.15, -0.1) is 0 Å². The smallest absolute Gasteiger partial charge is 0.114 e. The first-order valence-corrected chi connectivity index (χ1v) is 6.15. The molecule has 2 rings (SSSR count). The van der Waals surface area contributed by atoms with Crippen molar-refractivity contribution < 1.29 is 0 Å². The van der Waals surface area contributed by atoms with Crippen LogP contribution in [-0.4, -0.2) is 6.04 Å². The number of rotatable bonds is 4. The third kappa shape index (κ3) is 2.89. The van der Waals surface area contributed by atoms with Crippen molar-refractivity contribution in [3.8, 4) is 17.2 Å². The number of anilines is 1. The van der Waals surface area contributed by atoms with E-state index in [9.17, 15) is 0 Å². The van der Waals surface area contributed by atoms with Crippen molar-refractivity contribution in [1.82, 2.24) is 0 Å². The van der Waals surface area contributed by atoms with Crippen LogP contribution in [0.1, 0.15) is 13.3 Å². The minimum atomic E-state index is -0.118. The van der Waals surface area contributed by atoms with Crippen LogP contribution < -0.4 is 5.32 Å². The molecule has 2 nitrogen and oxygen atoms in total. The van der Waals surface area contributed by atoms with Gasteiger partial charge in [-0.2, -0.15) is 5.26 Å². The molecule has 0 fully saturated rings. The quantitative estimate of drug-likeness (QED) is 0.868. The maximum Gasteiger partial charge on any atom is 0.114 e. The van der Waals surface area contributed by atoms with Crippen molar-refractivity contribution in [2.45, 2.75) is 19.4 Å². The number of benzene rings is 2. The Kier molecular flexibility index (Phi) is 3.98. The number of hydrogen-bond donors (Lipinski definition) is 1. The summed E-state index contributed by atoms with van der Waals surface area (Å²) in [5, 5.41) is 12.1. The van der Waals surface area contributed by atoms with Crippen molar-refractivity contribution in [1.29, 1.82) is 5.26 Å². The van der Waals surface area contributed by atoms with Gasteiger partial charge in [0.15, 0.2) is 0 Å². The molecule has 0 aliphatic heterocycles. The maximum absolute atomic E-state index is 8.91. The highest BCUT2D eigenvalue weighted by Gasteiger charge is 2.03. The molecule has 2 heteroatoms. The Morgan fingerprint density at radius 3 is 2.17 bits per heavy atom. The molecule has 0 bridgehead atoms. The molecule has 0 saturated carbocycles. The number of nitriles is 1. The lowest BCUT2D eigenvalue weighted by Crippen LogP contribution is -2.15. The van der Waals surface area contributed by atoms with E-state index < -0.39 is 0 Å². The van der Waals surface area contributed by atoms with Crippen LogP contribution in [0.25, 0.3) is 11.1 Å². The predicted molar refractivity (Wildman–Crippen MR) is 75.2 cm³/mol. The van der Waals surface area contributed by atoms with E-state index in [2.05, 4.69) is 35.7 Å². The molecule has 2 aromatic rings. The normalized spacial score (nSPS) is 11.6. The fourth-order valence-corrected chi connectivity index (χ4v) is 1.82. The highest BCUT2D eigenvalue weighted by Crippen LogP contribution is 2.21. The summed E-state index contributed by atoms with van der Waals surface area (Å²) >= 11 is 0. The molecule has 18 heavy (non-hydrogen) atoms. The Morgan fingerprint density at radius 2 is 1.61 bits per heavy atom. The summed E-state index contributed by atoms with van der Waals surface area (Å²) in [5.41, 5.74) is 3.38. The molecule has 0 heterocycles. The van der Waals surface area contributed by atoms with Gasteiger partial charge in [-0.25, -0.2) is 0 Å². The summed E-state index contributed by atoms with van der Waals surface area (Å²) in [6.45, 7) is 2.00. The molecule has 90 valence electrons. The van der Waals surface area contributed by atoms with E-state index >= 15 is 0 Å². The van der Waals surface area contributed by atoms with Gasteiger partial charge in [0.05, 0.1) is 6.07 Å². The van der Waals surface area contributed by atoms with Crippen LogP contribution in [-0.2, 0) is 0 Å². The van der Waals surface area contributed by atoms with E-state index in [1.165, 1.54) is 11.1 Å². The lowest BCUT2D eigenvalue weighted by molar-refractivity contribution is 0.845. The molecule has 0 spiro atoms. The van der Waals surface area contributed by atoms with Crippen molar-refractivity contribution in [3.63, 3.8) is 0 Å². The third-order valence-electron chi connectivity index (χ3n) is 2.90. The van der Waals surface area contributed by atoms with Gasteiger partial charge < -0.3 is 5.32 Å². The van der Waals surface area contributed by atoms with Gasteiger partial charge in [0.25, 0.3) is 0 Å². The second kappa shape index (κ2) is 5.88.